The lowest BCUT2D eigenvalue weighted by molar-refractivity contribution is 0.0527. The molecule has 4 rings (SSSR count). The number of rotatable bonds is 4. The Morgan fingerprint density at radius 2 is 2.11 bits per heavy atom. The standard InChI is InChI=1S/C19H20BrN5O2.ClH/c1-2-27-19(26)16-17(24-8-5-21-6-9-24)14-11-13(20)3-4-15(14)23-18(16)25-10-7-22-12-25;/h3-4,7,10-12,21H,2,5-6,8-9H2,1H3;1H. The molecule has 1 aromatic carbocycles. The Hall–Kier alpha value is -2.16. The average Bonchev–Trinajstić information content (AvgIpc) is 3.22. The molecule has 3 heterocycles. The summed E-state index contributed by atoms with van der Waals surface area (Å²) >= 11 is 3.55. The maximum atomic E-state index is 13.0. The van der Waals surface area contributed by atoms with Gasteiger partial charge in [0.05, 0.1) is 17.8 Å². The fourth-order valence-corrected chi connectivity index (χ4v) is 3.75. The van der Waals surface area contributed by atoms with Crippen molar-refractivity contribution >= 4 is 50.9 Å². The van der Waals surface area contributed by atoms with Crippen molar-refractivity contribution in [1.29, 1.82) is 0 Å². The zero-order valence-electron chi connectivity index (χ0n) is 15.4. The van der Waals surface area contributed by atoms with Crippen molar-refractivity contribution in [3.63, 3.8) is 0 Å². The molecule has 0 bridgehead atoms. The third-order valence-corrected chi connectivity index (χ3v) is 5.06. The summed E-state index contributed by atoms with van der Waals surface area (Å²) in [6.07, 6.45) is 5.11. The number of halogens is 2. The number of hydrogen-bond donors (Lipinski definition) is 1. The number of benzene rings is 1. The molecule has 3 aromatic rings. The number of nitrogens with zero attached hydrogens (tertiary/aromatic N) is 4. The van der Waals surface area contributed by atoms with E-state index in [1.807, 2.05) is 25.1 Å². The molecule has 1 N–H and O–H groups in total. The number of ether oxygens (including phenoxy) is 1. The van der Waals surface area contributed by atoms with Crippen molar-refractivity contribution in [3.8, 4) is 5.82 Å². The van der Waals surface area contributed by atoms with E-state index in [0.717, 1.165) is 47.2 Å². The number of piperazine rings is 1. The largest absolute Gasteiger partial charge is 0.462 e. The molecule has 0 amide bonds. The third kappa shape index (κ3) is 3.85. The molecule has 1 aliphatic rings. The predicted molar refractivity (Wildman–Crippen MR) is 115 cm³/mol. The van der Waals surface area contributed by atoms with Gasteiger partial charge in [-0.1, -0.05) is 15.9 Å². The highest BCUT2D eigenvalue weighted by atomic mass is 79.9. The van der Waals surface area contributed by atoms with Gasteiger partial charge in [0.25, 0.3) is 0 Å². The highest BCUT2D eigenvalue weighted by Gasteiger charge is 2.27. The van der Waals surface area contributed by atoms with Crippen LogP contribution in [0.1, 0.15) is 17.3 Å². The van der Waals surface area contributed by atoms with Gasteiger partial charge in [-0.05, 0) is 25.1 Å². The maximum absolute atomic E-state index is 13.0. The average molecular weight is 467 g/mol. The first-order valence-corrected chi connectivity index (χ1v) is 9.72. The van der Waals surface area contributed by atoms with Gasteiger partial charge >= 0.3 is 5.97 Å². The van der Waals surface area contributed by atoms with Crippen molar-refractivity contribution in [2.75, 3.05) is 37.7 Å². The molecular formula is C19H21BrClN5O2. The van der Waals surface area contributed by atoms with E-state index in [2.05, 4.69) is 31.1 Å². The minimum atomic E-state index is -0.371. The molecule has 1 saturated heterocycles. The van der Waals surface area contributed by atoms with Crippen molar-refractivity contribution in [2.24, 2.45) is 0 Å². The fraction of sp³-hybridized carbons (Fsp3) is 0.316. The summed E-state index contributed by atoms with van der Waals surface area (Å²) in [5, 5.41) is 4.29. The Labute approximate surface area is 177 Å². The van der Waals surface area contributed by atoms with Gasteiger partial charge in [-0.15, -0.1) is 12.4 Å². The second kappa shape index (κ2) is 8.89. The van der Waals surface area contributed by atoms with Gasteiger partial charge in [0, 0.05) is 48.4 Å². The molecule has 0 radical (unpaired) electrons. The number of carbonyl (C=O) groups excluding carboxylic acids is 1. The topological polar surface area (TPSA) is 72.3 Å². The Balaban J connectivity index is 0.00000225. The molecule has 9 heteroatoms. The Bertz CT molecular complexity index is 974. The van der Waals surface area contributed by atoms with Gasteiger partial charge < -0.3 is 15.0 Å². The van der Waals surface area contributed by atoms with Gasteiger partial charge in [-0.3, -0.25) is 4.57 Å². The van der Waals surface area contributed by atoms with Crippen LogP contribution < -0.4 is 10.2 Å². The number of carbonyl (C=O) groups is 1. The SMILES string of the molecule is CCOC(=O)c1c(-n2ccnc2)nc2ccc(Br)cc2c1N1CCNCC1.Cl. The molecule has 0 atom stereocenters. The number of nitrogens with one attached hydrogen (secondary N) is 1. The summed E-state index contributed by atoms with van der Waals surface area (Å²) in [7, 11) is 0. The smallest absolute Gasteiger partial charge is 0.344 e. The first kappa shape index (κ1) is 20.6. The van der Waals surface area contributed by atoms with Crippen molar-refractivity contribution < 1.29 is 9.53 Å². The van der Waals surface area contributed by atoms with E-state index < -0.39 is 0 Å². The van der Waals surface area contributed by atoms with E-state index in [0.29, 0.717) is 18.0 Å². The summed E-state index contributed by atoms with van der Waals surface area (Å²) in [5.41, 5.74) is 2.16. The van der Waals surface area contributed by atoms with E-state index >= 15 is 0 Å². The molecule has 0 spiro atoms. The quantitative estimate of drug-likeness (QED) is 0.596. The van der Waals surface area contributed by atoms with Crippen LogP contribution in [0.4, 0.5) is 5.69 Å². The molecule has 2 aromatic heterocycles. The van der Waals surface area contributed by atoms with Crippen molar-refractivity contribution in [2.45, 2.75) is 6.92 Å². The van der Waals surface area contributed by atoms with Crippen molar-refractivity contribution in [1.82, 2.24) is 19.9 Å². The van der Waals surface area contributed by atoms with Crippen LogP contribution in [0.5, 0.6) is 0 Å². The number of fused-ring (bicyclic) bond motifs is 1. The van der Waals surface area contributed by atoms with Gasteiger partial charge in [0.15, 0.2) is 5.82 Å². The lowest BCUT2D eigenvalue weighted by Crippen LogP contribution is -2.44. The molecule has 1 fully saturated rings. The number of imidazole rings is 1. The molecule has 148 valence electrons. The number of esters is 1. The summed E-state index contributed by atoms with van der Waals surface area (Å²) in [5.74, 6) is 0.165. The molecule has 28 heavy (non-hydrogen) atoms. The van der Waals surface area contributed by atoms with E-state index in [9.17, 15) is 4.79 Å². The highest BCUT2D eigenvalue weighted by Crippen LogP contribution is 2.36. The molecule has 0 aliphatic carbocycles. The fourth-order valence-electron chi connectivity index (χ4n) is 3.39. The van der Waals surface area contributed by atoms with Crippen LogP contribution >= 0.6 is 28.3 Å². The van der Waals surface area contributed by atoms with Crippen LogP contribution in [0.15, 0.2) is 41.4 Å². The summed E-state index contributed by atoms with van der Waals surface area (Å²) in [4.78, 5) is 24.1. The van der Waals surface area contributed by atoms with E-state index in [1.54, 1.807) is 23.3 Å². The first-order valence-electron chi connectivity index (χ1n) is 8.93. The van der Waals surface area contributed by atoms with E-state index in [4.69, 9.17) is 9.72 Å². The van der Waals surface area contributed by atoms with E-state index in [1.165, 1.54) is 0 Å². The predicted octanol–water partition coefficient (Wildman–Crippen LogP) is 3.19. The van der Waals surface area contributed by atoms with Crippen LogP contribution in [0, 0.1) is 0 Å². The van der Waals surface area contributed by atoms with Crippen molar-refractivity contribution in [3.05, 3.63) is 47.0 Å². The Morgan fingerprint density at radius 1 is 1.32 bits per heavy atom. The minimum Gasteiger partial charge on any atom is -0.462 e. The highest BCUT2D eigenvalue weighted by molar-refractivity contribution is 9.10. The van der Waals surface area contributed by atoms with Gasteiger partial charge in [-0.25, -0.2) is 14.8 Å². The summed E-state index contributed by atoms with van der Waals surface area (Å²) in [6.45, 7) is 5.45. The number of anilines is 1. The Kier molecular flexibility index (Phi) is 6.53. The molecular weight excluding hydrogens is 446 g/mol. The van der Waals surface area contributed by atoms with E-state index in [-0.39, 0.29) is 18.4 Å². The number of pyridine rings is 1. The van der Waals surface area contributed by atoms with Crippen LogP contribution in [-0.4, -0.2) is 53.3 Å². The van der Waals surface area contributed by atoms with Crippen LogP contribution in [-0.2, 0) is 4.74 Å². The number of hydrogen-bond acceptors (Lipinski definition) is 6. The normalized spacial score (nSPS) is 14.0. The minimum absolute atomic E-state index is 0. The zero-order chi connectivity index (χ0) is 18.8. The summed E-state index contributed by atoms with van der Waals surface area (Å²) in [6, 6.07) is 5.93. The molecule has 0 saturated carbocycles. The molecule has 1 aliphatic heterocycles. The van der Waals surface area contributed by atoms with Crippen LogP contribution in [0.25, 0.3) is 16.7 Å². The third-order valence-electron chi connectivity index (χ3n) is 4.56. The Morgan fingerprint density at radius 3 is 2.79 bits per heavy atom. The van der Waals surface area contributed by atoms with Gasteiger partial charge in [-0.2, -0.15) is 0 Å². The van der Waals surface area contributed by atoms with Gasteiger partial charge in [0.2, 0.25) is 0 Å². The maximum Gasteiger partial charge on any atom is 0.344 e. The number of aromatic nitrogens is 3. The second-order valence-corrected chi connectivity index (χ2v) is 7.16. The first-order chi connectivity index (χ1) is 13.2. The second-order valence-electron chi connectivity index (χ2n) is 6.25. The van der Waals surface area contributed by atoms with Crippen LogP contribution in [0.2, 0.25) is 0 Å². The zero-order valence-corrected chi connectivity index (χ0v) is 17.8. The molecule has 0 unspecified atom stereocenters. The lowest BCUT2D eigenvalue weighted by atomic mass is 10.1. The monoisotopic (exact) mass is 465 g/mol. The van der Waals surface area contributed by atoms with Crippen LogP contribution in [0.3, 0.4) is 0 Å². The van der Waals surface area contributed by atoms with Gasteiger partial charge in [0.1, 0.15) is 11.9 Å². The molecule has 7 nitrogen and oxygen atoms in total. The lowest BCUT2D eigenvalue weighted by Gasteiger charge is -2.32. The summed E-state index contributed by atoms with van der Waals surface area (Å²) < 4.78 is 8.12.